The van der Waals surface area contributed by atoms with Crippen LogP contribution in [0.4, 0.5) is 11.4 Å². The number of fused-ring (bicyclic) bond motifs is 1. The summed E-state index contributed by atoms with van der Waals surface area (Å²) in [4.78, 5) is 18.3. The Kier molecular flexibility index (Phi) is 5.42. The van der Waals surface area contributed by atoms with Crippen LogP contribution >= 0.6 is 23.2 Å². The minimum atomic E-state index is -0.791. The summed E-state index contributed by atoms with van der Waals surface area (Å²) in [7, 11) is 0. The van der Waals surface area contributed by atoms with E-state index in [0.717, 1.165) is 43.5 Å². The van der Waals surface area contributed by atoms with E-state index in [1.54, 1.807) is 12.1 Å². The molecular formula is C24H26Cl2N2O2. The molecule has 6 heteroatoms. The molecule has 0 atom stereocenters. The number of benzene rings is 2. The molecule has 2 fully saturated rings. The van der Waals surface area contributed by atoms with Crippen molar-refractivity contribution in [3.63, 3.8) is 0 Å². The van der Waals surface area contributed by atoms with Gasteiger partial charge in [-0.1, -0.05) is 35.3 Å². The molecular weight excluding hydrogens is 419 g/mol. The Morgan fingerprint density at radius 1 is 1.03 bits per heavy atom. The largest absolute Gasteiger partial charge is 0.365 e. The van der Waals surface area contributed by atoms with Crippen molar-refractivity contribution in [3.8, 4) is 0 Å². The Hall–Kier alpha value is -1.75. The molecule has 0 saturated heterocycles. The lowest BCUT2D eigenvalue weighted by Gasteiger charge is -2.41. The predicted molar refractivity (Wildman–Crippen MR) is 122 cm³/mol. The van der Waals surface area contributed by atoms with Gasteiger partial charge in [-0.05, 0) is 74.4 Å². The molecule has 0 N–H and O–H groups in total. The molecule has 0 radical (unpaired) electrons. The van der Waals surface area contributed by atoms with Crippen LogP contribution in [-0.2, 0) is 16.1 Å². The number of hydrogen-bond donors (Lipinski definition) is 0. The third-order valence-corrected chi connectivity index (χ3v) is 7.20. The Morgan fingerprint density at radius 3 is 2.50 bits per heavy atom. The Balaban J connectivity index is 1.41. The van der Waals surface area contributed by atoms with E-state index in [0.29, 0.717) is 22.6 Å². The summed E-state index contributed by atoms with van der Waals surface area (Å²) in [6.45, 7) is 1.87. The smallest absolute Gasteiger partial charge is 0.259 e. The highest BCUT2D eigenvalue weighted by Gasteiger charge is 2.47. The minimum absolute atomic E-state index is 0.0843. The fourth-order valence-corrected chi connectivity index (χ4v) is 5.21. The fourth-order valence-electron chi connectivity index (χ4n) is 4.84. The van der Waals surface area contributed by atoms with Crippen LogP contribution in [0.15, 0.2) is 42.5 Å². The zero-order valence-electron chi connectivity index (χ0n) is 16.9. The number of hydrogen-bond acceptors (Lipinski definition) is 3. The summed E-state index contributed by atoms with van der Waals surface area (Å²) in [5.74, 6) is 0.0843. The van der Waals surface area contributed by atoms with Gasteiger partial charge in [0.1, 0.15) is 5.60 Å². The van der Waals surface area contributed by atoms with Gasteiger partial charge in [-0.3, -0.25) is 4.79 Å². The second-order valence-corrected chi connectivity index (χ2v) is 9.44. The van der Waals surface area contributed by atoms with Crippen LogP contribution in [0.3, 0.4) is 0 Å². The van der Waals surface area contributed by atoms with E-state index in [9.17, 15) is 4.79 Å². The number of carbonyl (C=O) groups is 1. The average Bonchev–Trinajstić information content (AvgIpc) is 3.50. The van der Waals surface area contributed by atoms with Crippen LogP contribution in [0.5, 0.6) is 0 Å². The number of carbonyl (C=O) groups excluding carboxylic acids is 1. The van der Waals surface area contributed by atoms with Gasteiger partial charge in [0, 0.05) is 29.2 Å². The first-order valence-corrected chi connectivity index (χ1v) is 11.6. The van der Waals surface area contributed by atoms with Gasteiger partial charge in [-0.25, -0.2) is 0 Å². The Labute approximate surface area is 187 Å². The topological polar surface area (TPSA) is 32.8 Å². The van der Waals surface area contributed by atoms with E-state index in [1.165, 1.54) is 18.5 Å². The van der Waals surface area contributed by atoms with Crippen LogP contribution in [0, 0.1) is 0 Å². The van der Waals surface area contributed by atoms with E-state index >= 15 is 0 Å². The first-order valence-electron chi connectivity index (χ1n) is 10.8. The van der Waals surface area contributed by atoms with Gasteiger partial charge in [0.25, 0.3) is 5.91 Å². The molecule has 1 amide bonds. The summed E-state index contributed by atoms with van der Waals surface area (Å²) in [6, 6.07) is 14.3. The van der Waals surface area contributed by atoms with Gasteiger partial charge in [-0.2, -0.15) is 0 Å². The highest BCUT2D eigenvalue weighted by atomic mass is 35.5. The molecule has 5 rings (SSSR count). The van der Waals surface area contributed by atoms with E-state index in [2.05, 4.69) is 23.1 Å². The molecule has 2 aromatic rings. The summed E-state index contributed by atoms with van der Waals surface area (Å²) in [5, 5.41) is 1.23. The summed E-state index contributed by atoms with van der Waals surface area (Å²) in [6.07, 6.45) is 5.98. The maximum absolute atomic E-state index is 13.9. The molecule has 1 heterocycles. The minimum Gasteiger partial charge on any atom is -0.365 e. The maximum Gasteiger partial charge on any atom is 0.259 e. The van der Waals surface area contributed by atoms with E-state index < -0.39 is 5.60 Å². The quantitative estimate of drug-likeness (QED) is 0.580. The third-order valence-electron chi connectivity index (χ3n) is 6.59. The summed E-state index contributed by atoms with van der Waals surface area (Å²) < 4.78 is 6.38. The second kappa shape index (κ2) is 8.07. The number of ether oxygens (including phenoxy) is 1. The SMILES string of the molecule is O=C(N1CCN(C2CC2)c2ccccc21)C1(OCc2cc(Cl)ccc2Cl)CCCC1. The molecule has 3 aliphatic rings. The van der Waals surface area contributed by atoms with Crippen molar-refractivity contribution in [3.05, 3.63) is 58.1 Å². The van der Waals surface area contributed by atoms with Crippen molar-refractivity contribution < 1.29 is 9.53 Å². The molecule has 2 aliphatic carbocycles. The first-order chi connectivity index (χ1) is 14.6. The number of anilines is 2. The number of halogens is 2. The molecule has 0 unspecified atom stereocenters. The van der Waals surface area contributed by atoms with Crippen LogP contribution in [0.1, 0.15) is 44.1 Å². The molecule has 2 aromatic carbocycles. The molecule has 0 aromatic heterocycles. The van der Waals surface area contributed by atoms with Gasteiger partial charge >= 0.3 is 0 Å². The van der Waals surface area contributed by atoms with Crippen LogP contribution < -0.4 is 9.80 Å². The average molecular weight is 445 g/mol. The summed E-state index contributed by atoms with van der Waals surface area (Å²) >= 11 is 12.5. The van der Waals surface area contributed by atoms with Crippen LogP contribution in [0.25, 0.3) is 0 Å². The highest BCUT2D eigenvalue weighted by molar-refractivity contribution is 6.33. The molecule has 30 heavy (non-hydrogen) atoms. The van der Waals surface area contributed by atoms with Crippen molar-refractivity contribution in [2.75, 3.05) is 22.9 Å². The molecule has 4 nitrogen and oxygen atoms in total. The number of nitrogens with zero attached hydrogens (tertiary/aromatic N) is 2. The van der Waals surface area contributed by atoms with Gasteiger partial charge < -0.3 is 14.5 Å². The summed E-state index contributed by atoms with van der Waals surface area (Å²) in [5.41, 5.74) is 2.21. The molecule has 0 bridgehead atoms. The van der Waals surface area contributed by atoms with E-state index in [4.69, 9.17) is 27.9 Å². The predicted octanol–water partition coefficient (Wildman–Crippen LogP) is 5.84. The zero-order chi connectivity index (χ0) is 20.7. The van der Waals surface area contributed by atoms with Gasteiger partial charge in [0.2, 0.25) is 0 Å². The first kappa shape index (κ1) is 20.2. The third kappa shape index (κ3) is 3.70. The second-order valence-electron chi connectivity index (χ2n) is 8.60. The van der Waals surface area contributed by atoms with Gasteiger partial charge in [0.05, 0.1) is 18.0 Å². The number of rotatable bonds is 5. The standard InChI is InChI=1S/C24H26Cl2N2O2/c25-18-7-10-20(26)17(15-18)16-30-24(11-3-4-12-24)23(29)28-14-13-27(19-8-9-19)21-5-1-2-6-22(21)28/h1-2,5-7,10,15,19H,3-4,8-9,11-14,16H2. The van der Waals surface area contributed by atoms with Gasteiger partial charge in [-0.15, -0.1) is 0 Å². The monoisotopic (exact) mass is 444 g/mol. The lowest BCUT2D eigenvalue weighted by Crippen LogP contribution is -2.54. The normalized spacial score (nSPS) is 20.3. The Morgan fingerprint density at radius 2 is 1.77 bits per heavy atom. The van der Waals surface area contributed by atoms with Crippen molar-refractivity contribution in [1.82, 2.24) is 0 Å². The van der Waals surface area contributed by atoms with Crippen LogP contribution in [0.2, 0.25) is 10.0 Å². The van der Waals surface area contributed by atoms with Crippen molar-refractivity contribution in [2.24, 2.45) is 0 Å². The molecule has 0 spiro atoms. The molecule has 2 saturated carbocycles. The lowest BCUT2D eigenvalue weighted by molar-refractivity contribution is -0.145. The maximum atomic E-state index is 13.9. The number of amides is 1. The van der Waals surface area contributed by atoms with E-state index in [-0.39, 0.29) is 12.5 Å². The van der Waals surface area contributed by atoms with Crippen molar-refractivity contribution >= 4 is 40.5 Å². The zero-order valence-corrected chi connectivity index (χ0v) is 18.5. The molecule has 158 valence electrons. The van der Waals surface area contributed by atoms with Crippen LogP contribution in [-0.4, -0.2) is 30.6 Å². The van der Waals surface area contributed by atoms with Gasteiger partial charge in [0.15, 0.2) is 0 Å². The molecule has 1 aliphatic heterocycles. The lowest BCUT2D eigenvalue weighted by atomic mass is 9.98. The highest BCUT2D eigenvalue weighted by Crippen LogP contribution is 2.43. The van der Waals surface area contributed by atoms with Crippen molar-refractivity contribution in [1.29, 1.82) is 0 Å². The van der Waals surface area contributed by atoms with Crippen molar-refractivity contribution in [2.45, 2.75) is 56.8 Å². The number of para-hydroxylation sites is 2. The fraction of sp³-hybridized carbons (Fsp3) is 0.458. The van der Waals surface area contributed by atoms with E-state index in [1.807, 2.05) is 17.0 Å². The Bertz CT molecular complexity index is 954.